The van der Waals surface area contributed by atoms with E-state index in [-0.39, 0.29) is 24.7 Å². The first-order valence-electron chi connectivity index (χ1n) is 8.47. The number of benzene rings is 1. The van der Waals surface area contributed by atoms with Gasteiger partial charge in [0.1, 0.15) is 0 Å². The first-order valence-corrected chi connectivity index (χ1v) is 8.47. The summed E-state index contributed by atoms with van der Waals surface area (Å²) in [5.74, 6) is -1.57. The molecule has 0 N–H and O–H groups in total. The summed E-state index contributed by atoms with van der Waals surface area (Å²) >= 11 is 0. The van der Waals surface area contributed by atoms with Gasteiger partial charge in [0.05, 0.1) is 11.1 Å². The van der Waals surface area contributed by atoms with Gasteiger partial charge in [-0.1, -0.05) is 12.1 Å². The van der Waals surface area contributed by atoms with E-state index >= 15 is 0 Å². The van der Waals surface area contributed by atoms with E-state index in [1.165, 1.54) is 17.0 Å². The van der Waals surface area contributed by atoms with Crippen molar-refractivity contribution in [1.82, 2.24) is 9.88 Å². The van der Waals surface area contributed by atoms with Crippen molar-refractivity contribution in [2.24, 2.45) is 0 Å². The van der Waals surface area contributed by atoms with Crippen molar-refractivity contribution in [2.75, 3.05) is 18.0 Å². The normalized spacial score (nSPS) is 18.0. The van der Waals surface area contributed by atoms with Crippen LogP contribution in [0.5, 0.6) is 5.75 Å². The number of carbonyl (C=O) groups excluding carboxylic acids is 3. The molecular formula is C18H14N4O6. The Morgan fingerprint density at radius 1 is 1.04 bits per heavy atom. The van der Waals surface area contributed by atoms with Gasteiger partial charge in [0.25, 0.3) is 23.5 Å². The van der Waals surface area contributed by atoms with Gasteiger partial charge in [0.15, 0.2) is 11.9 Å². The number of pyridine rings is 1. The lowest BCUT2D eigenvalue weighted by atomic mass is 10.1. The molecule has 0 saturated heterocycles. The van der Waals surface area contributed by atoms with Crippen LogP contribution in [0.2, 0.25) is 0 Å². The highest BCUT2D eigenvalue weighted by molar-refractivity contribution is 6.21. The quantitative estimate of drug-likeness (QED) is 0.445. The fourth-order valence-electron chi connectivity index (χ4n) is 3.24. The summed E-state index contributed by atoms with van der Waals surface area (Å²) in [6, 6.07) is 9.03. The highest BCUT2D eigenvalue weighted by Gasteiger charge is 2.39. The monoisotopic (exact) mass is 382 g/mol. The SMILES string of the molecule is CC1Oc2ccc([N+](=O)[O-])nc2N(CCN2C(=O)c3ccccc3C2=O)C1=O. The minimum atomic E-state index is -0.821. The Morgan fingerprint density at radius 2 is 1.64 bits per heavy atom. The van der Waals surface area contributed by atoms with Crippen molar-refractivity contribution in [3.8, 4) is 5.75 Å². The molecule has 142 valence electrons. The van der Waals surface area contributed by atoms with Crippen LogP contribution < -0.4 is 9.64 Å². The highest BCUT2D eigenvalue weighted by atomic mass is 16.6. The molecule has 1 aromatic heterocycles. The number of aromatic nitrogens is 1. The second-order valence-corrected chi connectivity index (χ2v) is 6.31. The first kappa shape index (κ1) is 17.6. The minimum absolute atomic E-state index is 0.00564. The van der Waals surface area contributed by atoms with Crippen molar-refractivity contribution in [1.29, 1.82) is 0 Å². The van der Waals surface area contributed by atoms with Crippen molar-refractivity contribution in [3.63, 3.8) is 0 Å². The maximum absolute atomic E-state index is 12.6. The minimum Gasteiger partial charge on any atom is -0.475 e. The number of hydrogen-bond acceptors (Lipinski definition) is 7. The van der Waals surface area contributed by atoms with Crippen LogP contribution in [0, 0.1) is 10.1 Å². The molecule has 2 aliphatic rings. The molecule has 3 heterocycles. The van der Waals surface area contributed by atoms with Gasteiger partial charge >= 0.3 is 5.82 Å². The van der Waals surface area contributed by atoms with Gasteiger partial charge in [0.2, 0.25) is 0 Å². The summed E-state index contributed by atoms with van der Waals surface area (Å²) in [6.45, 7) is 1.41. The summed E-state index contributed by atoms with van der Waals surface area (Å²) < 4.78 is 5.45. The number of carbonyl (C=O) groups is 3. The third-order valence-electron chi connectivity index (χ3n) is 4.61. The van der Waals surface area contributed by atoms with Crippen molar-refractivity contribution >= 4 is 29.4 Å². The molecule has 0 bridgehead atoms. The van der Waals surface area contributed by atoms with E-state index in [0.717, 1.165) is 4.90 Å². The molecule has 28 heavy (non-hydrogen) atoms. The number of fused-ring (bicyclic) bond motifs is 2. The molecule has 1 aromatic carbocycles. The molecule has 0 radical (unpaired) electrons. The van der Waals surface area contributed by atoms with E-state index < -0.39 is 34.6 Å². The summed E-state index contributed by atoms with van der Waals surface area (Å²) in [5.41, 5.74) is 0.617. The van der Waals surface area contributed by atoms with Gasteiger partial charge in [-0.2, -0.15) is 0 Å². The summed E-state index contributed by atoms with van der Waals surface area (Å²) in [5, 5.41) is 11.0. The molecule has 10 heteroatoms. The van der Waals surface area contributed by atoms with Crippen LogP contribution in [0.4, 0.5) is 11.6 Å². The van der Waals surface area contributed by atoms with Gasteiger partial charge in [-0.15, -0.1) is 0 Å². The lowest BCUT2D eigenvalue weighted by Crippen LogP contribution is -2.48. The average Bonchev–Trinajstić information content (AvgIpc) is 2.93. The van der Waals surface area contributed by atoms with Crippen molar-refractivity contribution in [3.05, 3.63) is 57.6 Å². The highest BCUT2D eigenvalue weighted by Crippen LogP contribution is 2.34. The topological polar surface area (TPSA) is 123 Å². The zero-order chi connectivity index (χ0) is 20.0. The molecule has 1 atom stereocenters. The molecule has 0 saturated carbocycles. The molecule has 10 nitrogen and oxygen atoms in total. The Balaban J connectivity index is 1.61. The van der Waals surface area contributed by atoms with Crippen LogP contribution in [0.3, 0.4) is 0 Å². The fraction of sp³-hybridized carbons (Fsp3) is 0.222. The molecule has 0 spiro atoms. The maximum Gasteiger partial charge on any atom is 0.366 e. The predicted octanol–water partition coefficient (Wildman–Crippen LogP) is 1.40. The van der Waals surface area contributed by atoms with Crippen LogP contribution in [0.1, 0.15) is 27.6 Å². The number of rotatable bonds is 4. The fourth-order valence-corrected chi connectivity index (χ4v) is 3.24. The number of nitrogens with zero attached hydrogens (tertiary/aromatic N) is 4. The zero-order valence-corrected chi connectivity index (χ0v) is 14.7. The molecule has 0 fully saturated rings. The van der Waals surface area contributed by atoms with Gasteiger partial charge in [-0.3, -0.25) is 24.2 Å². The van der Waals surface area contributed by atoms with Crippen LogP contribution in [-0.2, 0) is 4.79 Å². The Kier molecular flexibility index (Phi) is 4.03. The third-order valence-corrected chi connectivity index (χ3v) is 4.61. The number of imide groups is 1. The summed E-state index contributed by atoms with van der Waals surface area (Å²) in [7, 11) is 0. The molecule has 3 amide bonds. The number of ether oxygens (including phenoxy) is 1. The molecular weight excluding hydrogens is 368 g/mol. The first-order chi connectivity index (χ1) is 13.4. The lowest BCUT2D eigenvalue weighted by molar-refractivity contribution is -0.389. The van der Waals surface area contributed by atoms with E-state index in [9.17, 15) is 24.5 Å². The van der Waals surface area contributed by atoms with Gasteiger partial charge in [0, 0.05) is 19.2 Å². The predicted molar refractivity (Wildman–Crippen MR) is 95.1 cm³/mol. The van der Waals surface area contributed by atoms with Gasteiger partial charge in [-0.25, -0.2) is 0 Å². The van der Waals surface area contributed by atoms with Crippen LogP contribution in [0.25, 0.3) is 0 Å². The second-order valence-electron chi connectivity index (χ2n) is 6.31. The smallest absolute Gasteiger partial charge is 0.366 e. The van der Waals surface area contributed by atoms with Crippen LogP contribution in [-0.4, -0.2) is 51.7 Å². The van der Waals surface area contributed by atoms with Crippen LogP contribution in [0.15, 0.2) is 36.4 Å². The second kappa shape index (κ2) is 6.41. The third kappa shape index (κ3) is 2.66. The molecule has 4 rings (SSSR count). The zero-order valence-electron chi connectivity index (χ0n) is 14.7. The van der Waals surface area contributed by atoms with Gasteiger partial charge in [-0.05, 0) is 35.0 Å². The Bertz CT molecular complexity index is 1000. The summed E-state index contributed by atoms with van der Waals surface area (Å²) in [4.78, 5) is 54.0. The van der Waals surface area contributed by atoms with Gasteiger partial charge < -0.3 is 14.9 Å². The van der Waals surface area contributed by atoms with Crippen LogP contribution >= 0.6 is 0 Å². The largest absolute Gasteiger partial charge is 0.475 e. The molecule has 2 aromatic rings. The van der Waals surface area contributed by atoms with E-state index in [0.29, 0.717) is 11.1 Å². The van der Waals surface area contributed by atoms with Crippen molar-refractivity contribution in [2.45, 2.75) is 13.0 Å². The van der Waals surface area contributed by atoms with E-state index in [1.54, 1.807) is 31.2 Å². The Hall–Kier alpha value is -3.82. The van der Waals surface area contributed by atoms with E-state index in [1.807, 2.05) is 0 Å². The van der Waals surface area contributed by atoms with Crippen molar-refractivity contribution < 1.29 is 24.0 Å². The lowest BCUT2D eigenvalue weighted by Gasteiger charge is -2.30. The molecule has 2 aliphatic heterocycles. The number of anilines is 1. The number of nitro groups is 1. The average molecular weight is 382 g/mol. The standard InChI is InChI=1S/C18H14N4O6/c1-10-16(23)20(15-13(28-10)6-7-14(19-15)22(26)27)8-9-21-17(24)11-4-2-3-5-12(11)18(21)25/h2-7,10H,8-9H2,1H3. The summed E-state index contributed by atoms with van der Waals surface area (Å²) in [6.07, 6.45) is -0.821. The van der Waals surface area contributed by atoms with E-state index in [2.05, 4.69) is 4.98 Å². The molecule has 0 aliphatic carbocycles. The number of hydrogen-bond donors (Lipinski definition) is 0. The Morgan fingerprint density at radius 3 is 2.25 bits per heavy atom. The van der Waals surface area contributed by atoms with E-state index in [4.69, 9.17) is 4.74 Å². The molecule has 1 unspecified atom stereocenters. The Labute approximate surface area is 158 Å². The maximum atomic E-state index is 12.6. The number of amides is 3.